The molecule has 0 saturated carbocycles. The molecule has 0 unspecified atom stereocenters. The van der Waals surface area contributed by atoms with Gasteiger partial charge in [-0.05, 0) is 24.6 Å². The first-order valence-corrected chi connectivity index (χ1v) is 5.86. The van der Waals surface area contributed by atoms with Crippen molar-refractivity contribution >= 4 is 0 Å². The summed E-state index contributed by atoms with van der Waals surface area (Å²) >= 11 is 0. The summed E-state index contributed by atoms with van der Waals surface area (Å²) < 4.78 is 40.9. The van der Waals surface area contributed by atoms with Gasteiger partial charge in [-0.2, -0.15) is 13.2 Å². The molecule has 0 saturated heterocycles. The second-order valence-corrected chi connectivity index (χ2v) is 3.85. The highest BCUT2D eigenvalue weighted by atomic mass is 19.4. The summed E-state index contributed by atoms with van der Waals surface area (Å²) in [4.78, 5) is 3.95. The predicted molar refractivity (Wildman–Crippen MR) is 62.4 cm³/mol. The van der Waals surface area contributed by atoms with Gasteiger partial charge in [-0.15, -0.1) is 0 Å². The van der Waals surface area contributed by atoms with Crippen molar-refractivity contribution in [2.75, 3.05) is 13.2 Å². The van der Waals surface area contributed by atoms with Gasteiger partial charge in [0.2, 0.25) is 5.88 Å². The molecule has 0 aliphatic carbocycles. The zero-order chi connectivity index (χ0) is 13.4. The van der Waals surface area contributed by atoms with Crippen molar-refractivity contribution in [3.8, 4) is 5.88 Å². The van der Waals surface area contributed by atoms with Gasteiger partial charge >= 0.3 is 6.18 Å². The van der Waals surface area contributed by atoms with E-state index < -0.39 is 12.6 Å². The number of ether oxygens (including phenoxy) is 1. The molecule has 0 spiro atoms. The van der Waals surface area contributed by atoms with Gasteiger partial charge < -0.3 is 10.1 Å². The van der Waals surface area contributed by atoms with Crippen LogP contribution in [0.15, 0.2) is 18.3 Å². The summed E-state index contributed by atoms with van der Waals surface area (Å²) in [6, 6.07) is 3.57. The first kappa shape index (κ1) is 14.8. The maximum Gasteiger partial charge on any atom is 0.389 e. The molecule has 0 amide bonds. The summed E-state index contributed by atoms with van der Waals surface area (Å²) in [7, 11) is 0. The van der Waals surface area contributed by atoms with E-state index in [-0.39, 0.29) is 13.0 Å². The Balaban J connectivity index is 2.33. The Morgan fingerprint density at radius 1 is 1.39 bits per heavy atom. The van der Waals surface area contributed by atoms with Crippen LogP contribution in [0, 0.1) is 0 Å². The summed E-state index contributed by atoms with van der Waals surface area (Å²) in [6.45, 7) is 3.56. The summed E-state index contributed by atoms with van der Waals surface area (Å²) in [6.07, 6.45) is -3.41. The zero-order valence-electron chi connectivity index (χ0n) is 10.3. The van der Waals surface area contributed by atoms with Crippen molar-refractivity contribution in [2.24, 2.45) is 0 Å². The summed E-state index contributed by atoms with van der Waals surface area (Å²) in [5.41, 5.74) is 0.998. The lowest BCUT2D eigenvalue weighted by atomic mass is 10.2. The van der Waals surface area contributed by atoms with Crippen molar-refractivity contribution in [1.82, 2.24) is 10.3 Å². The minimum absolute atomic E-state index is 0.0250. The average molecular weight is 262 g/mol. The number of hydrogen-bond acceptors (Lipinski definition) is 3. The van der Waals surface area contributed by atoms with Crippen LogP contribution >= 0.6 is 0 Å². The van der Waals surface area contributed by atoms with Crippen LogP contribution in [0.3, 0.4) is 0 Å². The molecule has 0 atom stereocenters. The number of pyridine rings is 1. The van der Waals surface area contributed by atoms with Crippen LogP contribution in [0.5, 0.6) is 5.88 Å². The van der Waals surface area contributed by atoms with Crippen LogP contribution < -0.4 is 10.1 Å². The van der Waals surface area contributed by atoms with Crippen molar-refractivity contribution in [1.29, 1.82) is 0 Å². The number of nitrogens with zero attached hydrogens (tertiary/aromatic N) is 1. The van der Waals surface area contributed by atoms with E-state index in [4.69, 9.17) is 4.74 Å². The van der Waals surface area contributed by atoms with Crippen LogP contribution in [0.4, 0.5) is 13.2 Å². The minimum atomic E-state index is -4.12. The Morgan fingerprint density at radius 3 is 2.83 bits per heavy atom. The Morgan fingerprint density at radius 2 is 2.17 bits per heavy atom. The first-order valence-electron chi connectivity index (χ1n) is 5.86. The molecule has 0 radical (unpaired) electrons. The van der Waals surface area contributed by atoms with Gasteiger partial charge in [0, 0.05) is 25.2 Å². The van der Waals surface area contributed by atoms with E-state index in [9.17, 15) is 13.2 Å². The van der Waals surface area contributed by atoms with Crippen LogP contribution in [-0.2, 0) is 6.54 Å². The third kappa shape index (κ3) is 6.44. The van der Waals surface area contributed by atoms with Gasteiger partial charge in [0.1, 0.15) is 0 Å². The fourth-order valence-corrected chi connectivity index (χ4v) is 1.36. The number of aromatic nitrogens is 1. The third-order valence-corrected chi connectivity index (χ3v) is 2.23. The molecule has 1 N–H and O–H groups in total. The molecular weight excluding hydrogens is 245 g/mol. The van der Waals surface area contributed by atoms with Gasteiger partial charge in [-0.3, -0.25) is 0 Å². The molecule has 3 nitrogen and oxygen atoms in total. The van der Waals surface area contributed by atoms with Gasteiger partial charge in [0.15, 0.2) is 0 Å². The Bertz CT molecular complexity index is 355. The normalized spacial score (nSPS) is 11.6. The Hall–Kier alpha value is -1.30. The van der Waals surface area contributed by atoms with E-state index in [1.165, 1.54) is 0 Å². The molecule has 1 aromatic heterocycles. The van der Waals surface area contributed by atoms with Gasteiger partial charge in [0.25, 0.3) is 0 Å². The molecule has 1 rings (SSSR count). The van der Waals surface area contributed by atoms with E-state index in [0.29, 0.717) is 12.4 Å². The topological polar surface area (TPSA) is 34.2 Å². The molecule has 0 aliphatic rings. The maximum absolute atomic E-state index is 11.9. The molecule has 0 fully saturated rings. The number of rotatable bonds is 7. The molecule has 0 aromatic carbocycles. The quantitative estimate of drug-likeness (QED) is 0.767. The first-order chi connectivity index (χ1) is 8.51. The van der Waals surface area contributed by atoms with E-state index in [1.54, 1.807) is 12.3 Å². The molecule has 6 heteroatoms. The van der Waals surface area contributed by atoms with Crippen molar-refractivity contribution < 1.29 is 17.9 Å². The summed E-state index contributed by atoms with van der Waals surface area (Å²) in [5, 5.41) is 3.15. The molecule has 1 heterocycles. The summed E-state index contributed by atoms with van der Waals surface area (Å²) in [5.74, 6) is 0.368. The van der Waals surface area contributed by atoms with E-state index in [0.717, 1.165) is 12.1 Å². The van der Waals surface area contributed by atoms with E-state index in [1.807, 2.05) is 13.0 Å². The maximum atomic E-state index is 11.9. The van der Waals surface area contributed by atoms with E-state index >= 15 is 0 Å². The second kappa shape index (κ2) is 7.20. The number of nitrogens with one attached hydrogen (secondary N) is 1. The molecule has 0 bridgehead atoms. The molecular formula is C12H17F3N2O. The van der Waals surface area contributed by atoms with Gasteiger partial charge in [0.05, 0.1) is 6.61 Å². The lowest BCUT2D eigenvalue weighted by molar-refractivity contribution is -0.136. The van der Waals surface area contributed by atoms with E-state index in [2.05, 4.69) is 10.3 Å². The van der Waals surface area contributed by atoms with Gasteiger partial charge in [-0.1, -0.05) is 6.92 Å². The predicted octanol–water partition coefficient (Wildman–Crippen LogP) is 2.91. The average Bonchev–Trinajstić information content (AvgIpc) is 2.31. The zero-order valence-corrected chi connectivity index (χ0v) is 10.3. The van der Waals surface area contributed by atoms with Gasteiger partial charge in [-0.25, -0.2) is 4.98 Å². The van der Waals surface area contributed by atoms with Crippen LogP contribution in [0.25, 0.3) is 0 Å². The fourth-order valence-electron chi connectivity index (χ4n) is 1.36. The number of alkyl halides is 3. The van der Waals surface area contributed by atoms with Crippen LogP contribution in [-0.4, -0.2) is 24.3 Å². The van der Waals surface area contributed by atoms with Crippen molar-refractivity contribution in [3.63, 3.8) is 0 Å². The molecule has 18 heavy (non-hydrogen) atoms. The SMILES string of the molecule is CCNCc1ccnc(OCCCC(F)(F)F)c1. The Kier molecular flexibility index (Phi) is 5.91. The minimum Gasteiger partial charge on any atom is -0.478 e. The number of hydrogen-bond donors (Lipinski definition) is 1. The molecule has 0 aliphatic heterocycles. The highest BCUT2D eigenvalue weighted by Gasteiger charge is 2.26. The second-order valence-electron chi connectivity index (χ2n) is 3.85. The van der Waals surface area contributed by atoms with Crippen LogP contribution in [0.2, 0.25) is 0 Å². The van der Waals surface area contributed by atoms with Crippen molar-refractivity contribution in [2.45, 2.75) is 32.5 Å². The standard InChI is InChI=1S/C12H17F3N2O/c1-2-16-9-10-4-6-17-11(8-10)18-7-3-5-12(13,14)15/h4,6,8,16H,2-3,5,7,9H2,1H3. The molecule has 102 valence electrons. The molecule has 1 aromatic rings. The highest BCUT2D eigenvalue weighted by Crippen LogP contribution is 2.21. The lowest BCUT2D eigenvalue weighted by Crippen LogP contribution is -2.12. The van der Waals surface area contributed by atoms with Crippen molar-refractivity contribution in [3.05, 3.63) is 23.9 Å². The number of halogens is 3. The fraction of sp³-hybridized carbons (Fsp3) is 0.583. The Labute approximate surface area is 104 Å². The monoisotopic (exact) mass is 262 g/mol. The smallest absolute Gasteiger partial charge is 0.389 e. The lowest BCUT2D eigenvalue weighted by Gasteiger charge is -2.08. The largest absolute Gasteiger partial charge is 0.478 e. The van der Waals surface area contributed by atoms with Crippen LogP contribution in [0.1, 0.15) is 25.3 Å². The third-order valence-electron chi connectivity index (χ3n) is 2.23. The highest BCUT2D eigenvalue weighted by molar-refractivity contribution is 5.20.